The molecule has 6 aromatic rings. The number of ether oxygens (including phenoxy) is 4. The second-order valence-corrected chi connectivity index (χ2v) is 18.7. The van der Waals surface area contributed by atoms with Gasteiger partial charge in [0.25, 0.3) is 11.8 Å². The van der Waals surface area contributed by atoms with Crippen LogP contribution in [0.15, 0.2) is 72.8 Å². The van der Waals surface area contributed by atoms with E-state index in [-0.39, 0.29) is 42.2 Å². The van der Waals surface area contributed by atoms with Crippen LogP contribution in [0.5, 0.6) is 11.5 Å². The molecular formula is C51H70Cl2N12O7. The Kier molecular flexibility index (Phi) is 20.8. The van der Waals surface area contributed by atoms with Crippen molar-refractivity contribution < 1.29 is 33.6 Å². The number of aromatic nitrogens is 4. The van der Waals surface area contributed by atoms with E-state index < -0.39 is 0 Å². The summed E-state index contributed by atoms with van der Waals surface area (Å²) in [6, 6.07) is 21.9. The van der Waals surface area contributed by atoms with Crippen LogP contribution < -0.4 is 42.2 Å². The van der Waals surface area contributed by atoms with Crippen LogP contribution in [-0.4, -0.2) is 158 Å². The fraction of sp³-hybridized carbons (Fsp3) is 0.451. The second kappa shape index (κ2) is 27.1. The fourth-order valence-electron chi connectivity index (χ4n) is 8.59. The van der Waals surface area contributed by atoms with Crippen molar-refractivity contribution in [1.82, 2.24) is 40.4 Å². The highest BCUT2D eigenvalue weighted by Gasteiger charge is 2.33. The number of nitrogens with zero attached hydrogens (tertiary/aromatic N) is 4. The second-order valence-electron chi connectivity index (χ2n) is 17.9. The Balaban J connectivity index is 0.000000219. The number of imidazole rings is 2. The number of amides is 2. The van der Waals surface area contributed by atoms with E-state index in [1.54, 1.807) is 40.2 Å². The Morgan fingerprint density at radius 1 is 0.694 bits per heavy atom. The van der Waals surface area contributed by atoms with Crippen LogP contribution in [0, 0.1) is 0 Å². The van der Waals surface area contributed by atoms with Gasteiger partial charge in [-0.25, -0.2) is 9.97 Å². The molecule has 0 radical (unpaired) electrons. The van der Waals surface area contributed by atoms with E-state index in [2.05, 4.69) is 51.0 Å². The van der Waals surface area contributed by atoms with Gasteiger partial charge >= 0.3 is 0 Å². The number of aliphatic hydroxyl groups excluding tert-OH is 1. The summed E-state index contributed by atoms with van der Waals surface area (Å²) in [6.45, 7) is 10.1. The molecule has 11 N–H and O–H groups in total. The summed E-state index contributed by atoms with van der Waals surface area (Å²) < 4.78 is 22.1. The molecule has 72 heavy (non-hydrogen) atoms. The number of rotatable bonds is 18. The third-order valence-corrected chi connectivity index (χ3v) is 13.0. The minimum absolute atomic E-state index is 0.108. The van der Waals surface area contributed by atoms with Gasteiger partial charge in [0.05, 0.1) is 93.1 Å². The zero-order valence-electron chi connectivity index (χ0n) is 41.9. The van der Waals surface area contributed by atoms with Crippen LogP contribution in [0.2, 0.25) is 10.0 Å². The van der Waals surface area contributed by atoms with Crippen LogP contribution >= 0.6 is 23.2 Å². The molecule has 2 aliphatic heterocycles. The average Bonchev–Trinajstić information content (AvgIpc) is 4.00. The average molecular weight is 1030 g/mol. The van der Waals surface area contributed by atoms with Crippen molar-refractivity contribution >= 4 is 80.4 Å². The van der Waals surface area contributed by atoms with Gasteiger partial charge in [-0.2, -0.15) is 0 Å². The number of nitrogens with one attached hydrogen (secondary N) is 6. The number of aliphatic hydroxyl groups is 1. The van der Waals surface area contributed by atoms with E-state index in [0.717, 1.165) is 112 Å². The molecule has 2 amide bonds. The lowest BCUT2D eigenvalue weighted by atomic mass is 10.0. The van der Waals surface area contributed by atoms with E-state index in [0.29, 0.717) is 44.0 Å². The normalized spacial score (nSPS) is 18.1. The van der Waals surface area contributed by atoms with Crippen molar-refractivity contribution in [3.05, 3.63) is 94.0 Å². The summed E-state index contributed by atoms with van der Waals surface area (Å²) in [6.07, 6.45) is 3.10. The number of carbonyl (C=O) groups excluding carboxylic acids is 2. The van der Waals surface area contributed by atoms with Gasteiger partial charge in [0.15, 0.2) is 0 Å². The molecule has 2 aromatic heterocycles. The Bertz CT molecular complexity index is 2440. The number of fused-ring (bicyclic) bond motifs is 2. The molecule has 8 rings (SSSR count). The van der Waals surface area contributed by atoms with E-state index >= 15 is 0 Å². The number of benzene rings is 4. The number of hydrogen-bond donors (Lipinski definition) is 9. The zero-order valence-corrected chi connectivity index (χ0v) is 43.4. The predicted octanol–water partition coefficient (Wildman–Crippen LogP) is 6.64. The highest BCUT2D eigenvalue weighted by molar-refractivity contribution is 6.34. The van der Waals surface area contributed by atoms with Crippen molar-refractivity contribution in [1.29, 1.82) is 0 Å². The molecule has 0 bridgehead atoms. The number of nitrogen functional groups attached to an aromatic ring is 2. The Labute approximate surface area is 431 Å². The van der Waals surface area contributed by atoms with Crippen molar-refractivity contribution in [3.8, 4) is 11.5 Å². The van der Waals surface area contributed by atoms with Gasteiger partial charge in [0.2, 0.25) is 11.9 Å². The Hall–Kier alpha value is -6.06. The predicted molar refractivity (Wildman–Crippen MR) is 287 cm³/mol. The van der Waals surface area contributed by atoms with Gasteiger partial charge < -0.3 is 76.6 Å². The number of H-pyrrole nitrogens is 2. The molecule has 2 fully saturated rings. The minimum Gasteiger partial charge on any atom is -0.496 e. The summed E-state index contributed by atoms with van der Waals surface area (Å²) in [5.41, 5.74) is 17.1. The SMILES string of the molecule is CC(C)O.COc1cc(N)c(Cl)cc1C(=O)NC1CCN(CCCNc2nc3ccccc3[nH]2)CC1OC.COc1cc(N)c(Cl)cc1C(=O)NC1CCN(CCCNc2nc3ccccc3[nH]2)CC1OC. The van der Waals surface area contributed by atoms with Gasteiger partial charge in [0, 0.05) is 71.7 Å². The van der Waals surface area contributed by atoms with Crippen molar-refractivity contribution in [2.24, 2.45) is 0 Å². The molecule has 0 spiro atoms. The van der Waals surface area contributed by atoms with Gasteiger partial charge in [-0.15, -0.1) is 0 Å². The van der Waals surface area contributed by atoms with Crippen LogP contribution in [0.1, 0.15) is 60.2 Å². The molecule has 21 heteroatoms. The number of para-hydroxylation sites is 4. The first kappa shape index (κ1) is 55.3. The maximum Gasteiger partial charge on any atom is 0.255 e. The molecule has 4 heterocycles. The number of carbonyl (C=O) groups is 2. The first-order chi connectivity index (χ1) is 34.7. The Morgan fingerprint density at radius 2 is 1.08 bits per heavy atom. The molecule has 19 nitrogen and oxygen atoms in total. The topological polar surface area (TPSA) is 255 Å². The highest BCUT2D eigenvalue weighted by Crippen LogP contribution is 2.31. The molecule has 4 aromatic carbocycles. The van der Waals surface area contributed by atoms with E-state index in [1.807, 2.05) is 48.5 Å². The van der Waals surface area contributed by atoms with E-state index in [1.165, 1.54) is 26.4 Å². The lowest BCUT2D eigenvalue weighted by Crippen LogP contribution is -2.55. The van der Waals surface area contributed by atoms with Crippen LogP contribution in [0.4, 0.5) is 23.3 Å². The molecular weight excluding hydrogens is 964 g/mol. The summed E-state index contributed by atoms with van der Waals surface area (Å²) in [4.78, 5) is 46.2. The molecule has 2 saturated heterocycles. The fourth-order valence-corrected chi connectivity index (χ4v) is 8.92. The van der Waals surface area contributed by atoms with Crippen LogP contribution in [-0.2, 0) is 9.47 Å². The van der Waals surface area contributed by atoms with E-state index in [4.69, 9.17) is 58.7 Å². The van der Waals surface area contributed by atoms with Gasteiger partial charge in [-0.1, -0.05) is 47.5 Å². The molecule has 4 unspecified atom stereocenters. The molecule has 0 aliphatic carbocycles. The summed E-state index contributed by atoms with van der Waals surface area (Å²) >= 11 is 12.2. The van der Waals surface area contributed by atoms with Crippen molar-refractivity contribution in [2.45, 2.75) is 69.9 Å². The standard InChI is InChI=1S/2C24H31ClN6O3.C3H8O/c2*1-33-21-13-17(26)16(25)12-15(21)23(32)28-20-8-11-31(14-22(20)34-2)10-5-9-27-24-29-18-6-3-4-7-19(18)30-24;1-3(2)4/h2*3-4,6-7,12-13,20,22H,5,8-11,14,26H2,1-2H3,(H,28,32)(H2,27,29,30);3-4H,1-2H3. The summed E-state index contributed by atoms with van der Waals surface area (Å²) in [7, 11) is 6.35. The molecule has 2 aliphatic rings. The molecule has 4 atom stereocenters. The monoisotopic (exact) mass is 1030 g/mol. The van der Waals surface area contributed by atoms with Gasteiger partial charge in [-0.3, -0.25) is 9.59 Å². The lowest BCUT2D eigenvalue weighted by Gasteiger charge is -2.38. The first-order valence-corrected chi connectivity index (χ1v) is 24.9. The summed E-state index contributed by atoms with van der Waals surface area (Å²) in [5, 5.41) is 21.6. The number of anilines is 4. The number of methoxy groups -OCH3 is 4. The molecule has 0 saturated carbocycles. The van der Waals surface area contributed by atoms with Gasteiger partial charge in [-0.05, 0) is 89.0 Å². The number of piperidine rings is 2. The maximum atomic E-state index is 12.9. The summed E-state index contributed by atoms with van der Waals surface area (Å²) in [5.74, 6) is 1.85. The minimum atomic E-state index is -0.255. The number of nitrogens with two attached hydrogens (primary N) is 2. The lowest BCUT2D eigenvalue weighted by molar-refractivity contribution is 0.00637. The number of hydrogen-bond acceptors (Lipinski definition) is 15. The van der Waals surface area contributed by atoms with Crippen molar-refractivity contribution in [2.75, 3.05) is 103 Å². The quantitative estimate of drug-likeness (QED) is 0.0323. The van der Waals surface area contributed by atoms with Gasteiger partial charge in [0.1, 0.15) is 11.5 Å². The smallest absolute Gasteiger partial charge is 0.255 e. The number of likely N-dealkylation sites (tertiary alicyclic amines) is 2. The largest absolute Gasteiger partial charge is 0.496 e. The molecule has 390 valence electrons. The number of aromatic amines is 2. The van der Waals surface area contributed by atoms with Crippen molar-refractivity contribution in [3.63, 3.8) is 0 Å². The Morgan fingerprint density at radius 3 is 1.44 bits per heavy atom. The number of halogens is 2. The highest BCUT2D eigenvalue weighted by atomic mass is 35.5. The zero-order chi connectivity index (χ0) is 51.7. The third-order valence-electron chi connectivity index (χ3n) is 12.3. The third kappa shape index (κ3) is 15.5. The van der Waals surface area contributed by atoms with E-state index in [9.17, 15) is 9.59 Å². The first-order valence-electron chi connectivity index (χ1n) is 24.1. The van der Waals surface area contributed by atoms with Crippen LogP contribution in [0.25, 0.3) is 22.1 Å². The maximum absolute atomic E-state index is 12.9. The van der Waals surface area contributed by atoms with Crippen LogP contribution in [0.3, 0.4) is 0 Å².